The second-order valence-electron chi connectivity index (χ2n) is 9.45. The Morgan fingerprint density at radius 3 is 2.52 bits per heavy atom. The normalized spacial score (nSPS) is 27.0. The van der Waals surface area contributed by atoms with Gasteiger partial charge in [-0.2, -0.15) is 0 Å². The van der Waals surface area contributed by atoms with E-state index in [9.17, 15) is 9.18 Å². The number of nitrogens with one attached hydrogen (secondary N) is 2. The van der Waals surface area contributed by atoms with Crippen molar-refractivity contribution >= 4 is 17.7 Å². The second-order valence-corrected chi connectivity index (χ2v) is 9.85. The van der Waals surface area contributed by atoms with Crippen molar-refractivity contribution in [2.75, 3.05) is 6.54 Å². The Kier molecular flexibility index (Phi) is 5.48. The zero-order valence-corrected chi connectivity index (χ0v) is 17.5. The fourth-order valence-corrected chi connectivity index (χ4v) is 4.77. The number of halogens is 2. The molecule has 1 unspecified atom stereocenters. The first-order chi connectivity index (χ1) is 12.5. The Balaban J connectivity index is 1.68. The molecule has 0 saturated heterocycles. The fourth-order valence-electron chi connectivity index (χ4n) is 4.47. The van der Waals surface area contributed by atoms with E-state index in [2.05, 4.69) is 24.5 Å². The third-order valence-electron chi connectivity index (χ3n) is 6.01. The average Bonchev–Trinajstić information content (AvgIpc) is 2.88. The molecule has 2 saturated carbocycles. The van der Waals surface area contributed by atoms with E-state index in [1.54, 1.807) is 32.9 Å². The fraction of sp³-hybridized carbons (Fsp3) is 0.667. The Bertz CT molecular complexity index is 682. The SMILES string of the molecule is CC(C)(C)OC(=O)NC(CN[C@H]1C[C@@H]2[C@H](C1)C2(C)C)c1c(F)cccc1Cl. The van der Waals surface area contributed by atoms with Crippen molar-refractivity contribution in [1.29, 1.82) is 0 Å². The van der Waals surface area contributed by atoms with E-state index in [1.165, 1.54) is 6.07 Å². The van der Waals surface area contributed by atoms with Crippen molar-refractivity contribution in [3.05, 3.63) is 34.6 Å². The van der Waals surface area contributed by atoms with E-state index in [-0.39, 0.29) is 0 Å². The minimum Gasteiger partial charge on any atom is -0.444 e. The third-order valence-corrected chi connectivity index (χ3v) is 6.34. The van der Waals surface area contributed by atoms with Crippen molar-refractivity contribution < 1.29 is 13.9 Å². The molecule has 2 aliphatic rings. The number of carbonyl (C=O) groups is 1. The van der Waals surface area contributed by atoms with Crippen LogP contribution in [-0.4, -0.2) is 24.3 Å². The Hall–Kier alpha value is -1.33. The molecule has 6 heteroatoms. The maximum Gasteiger partial charge on any atom is 0.408 e. The van der Waals surface area contributed by atoms with E-state index in [4.69, 9.17) is 16.3 Å². The molecule has 2 fully saturated rings. The van der Waals surface area contributed by atoms with Crippen LogP contribution in [0.1, 0.15) is 59.1 Å². The van der Waals surface area contributed by atoms with Crippen LogP contribution in [0.15, 0.2) is 18.2 Å². The Morgan fingerprint density at radius 1 is 1.33 bits per heavy atom. The van der Waals surface area contributed by atoms with Gasteiger partial charge >= 0.3 is 6.09 Å². The number of alkyl carbamates (subject to hydrolysis) is 1. The topological polar surface area (TPSA) is 50.4 Å². The molecule has 27 heavy (non-hydrogen) atoms. The van der Waals surface area contributed by atoms with Crippen LogP contribution in [0.5, 0.6) is 0 Å². The van der Waals surface area contributed by atoms with Gasteiger partial charge in [0.15, 0.2) is 0 Å². The van der Waals surface area contributed by atoms with E-state index in [1.807, 2.05) is 0 Å². The highest BCUT2D eigenvalue weighted by atomic mass is 35.5. The van der Waals surface area contributed by atoms with E-state index < -0.39 is 23.6 Å². The molecule has 0 spiro atoms. The maximum atomic E-state index is 14.5. The molecule has 1 amide bonds. The van der Waals surface area contributed by atoms with Gasteiger partial charge in [0.1, 0.15) is 11.4 Å². The number of hydrogen-bond donors (Lipinski definition) is 2. The summed E-state index contributed by atoms with van der Waals surface area (Å²) in [4.78, 5) is 12.3. The Labute approximate surface area is 166 Å². The number of rotatable bonds is 5. The summed E-state index contributed by atoms with van der Waals surface area (Å²) in [6, 6.07) is 4.35. The number of benzene rings is 1. The summed E-state index contributed by atoms with van der Waals surface area (Å²) in [6.07, 6.45) is 1.67. The van der Waals surface area contributed by atoms with Gasteiger partial charge < -0.3 is 15.4 Å². The first-order valence-corrected chi connectivity index (χ1v) is 10.0. The highest BCUT2D eigenvalue weighted by molar-refractivity contribution is 6.31. The molecule has 2 aliphatic carbocycles. The zero-order valence-electron chi connectivity index (χ0n) is 16.7. The van der Waals surface area contributed by atoms with Crippen LogP contribution in [0, 0.1) is 23.1 Å². The van der Waals surface area contributed by atoms with E-state index in [0.717, 1.165) is 24.7 Å². The molecule has 0 aromatic heterocycles. The molecular weight excluding hydrogens is 367 g/mol. The number of hydrogen-bond acceptors (Lipinski definition) is 3. The van der Waals surface area contributed by atoms with Gasteiger partial charge in [0, 0.05) is 23.2 Å². The lowest BCUT2D eigenvalue weighted by Gasteiger charge is -2.27. The summed E-state index contributed by atoms with van der Waals surface area (Å²) < 4.78 is 19.8. The first kappa shape index (κ1) is 20.4. The highest BCUT2D eigenvalue weighted by Crippen LogP contribution is 2.66. The van der Waals surface area contributed by atoms with Crippen LogP contribution in [0.4, 0.5) is 9.18 Å². The molecule has 1 aromatic carbocycles. The molecule has 3 rings (SSSR count). The van der Waals surface area contributed by atoms with Crippen LogP contribution in [-0.2, 0) is 4.74 Å². The summed E-state index contributed by atoms with van der Waals surface area (Å²) in [5, 5.41) is 6.59. The number of ether oxygens (including phenoxy) is 1. The van der Waals surface area contributed by atoms with Crippen LogP contribution >= 0.6 is 11.6 Å². The minimum absolute atomic E-state index is 0.293. The number of carbonyl (C=O) groups excluding carboxylic acids is 1. The molecule has 0 bridgehead atoms. The van der Waals surface area contributed by atoms with E-state index >= 15 is 0 Å². The zero-order chi connectivity index (χ0) is 20.0. The standard InChI is InChI=1S/C21H30ClFN2O2/c1-20(2,3)27-19(26)25-17(18-15(22)7-6-8-16(18)23)11-24-12-9-13-14(10-12)21(13,4)5/h6-8,12-14,17,24H,9-11H2,1-5H3,(H,25,26)/t12-,13+,14-,17?. The van der Waals surface area contributed by atoms with Gasteiger partial charge in [0.25, 0.3) is 0 Å². The van der Waals surface area contributed by atoms with Gasteiger partial charge in [0.2, 0.25) is 0 Å². The molecular formula is C21H30ClFN2O2. The number of fused-ring (bicyclic) bond motifs is 1. The van der Waals surface area contributed by atoms with E-state index in [0.29, 0.717) is 28.6 Å². The predicted octanol–water partition coefficient (Wildman–Crippen LogP) is 5.07. The van der Waals surface area contributed by atoms with Gasteiger partial charge in [-0.1, -0.05) is 31.5 Å². The van der Waals surface area contributed by atoms with Gasteiger partial charge in [-0.15, -0.1) is 0 Å². The van der Waals surface area contributed by atoms with Crippen LogP contribution < -0.4 is 10.6 Å². The summed E-state index contributed by atoms with van der Waals surface area (Å²) >= 11 is 6.24. The van der Waals surface area contributed by atoms with Crippen LogP contribution in [0.25, 0.3) is 0 Å². The second kappa shape index (κ2) is 7.25. The number of amides is 1. The Morgan fingerprint density at radius 2 is 1.96 bits per heavy atom. The largest absolute Gasteiger partial charge is 0.444 e. The van der Waals surface area contributed by atoms with Crippen molar-refractivity contribution in [3.63, 3.8) is 0 Å². The molecule has 1 aromatic rings. The minimum atomic E-state index is -0.626. The average molecular weight is 397 g/mol. The van der Waals surface area contributed by atoms with Gasteiger partial charge in [-0.05, 0) is 63.0 Å². The highest BCUT2D eigenvalue weighted by Gasteiger charge is 2.61. The van der Waals surface area contributed by atoms with Crippen LogP contribution in [0.3, 0.4) is 0 Å². The molecule has 4 atom stereocenters. The van der Waals surface area contributed by atoms with Gasteiger partial charge in [0.05, 0.1) is 6.04 Å². The lowest BCUT2D eigenvalue weighted by molar-refractivity contribution is 0.0501. The molecule has 4 nitrogen and oxygen atoms in total. The summed E-state index contributed by atoms with van der Waals surface area (Å²) in [5.41, 5.74) is 0.127. The lowest BCUT2D eigenvalue weighted by Crippen LogP contribution is -2.42. The molecule has 150 valence electrons. The van der Waals surface area contributed by atoms with Crippen molar-refractivity contribution in [2.24, 2.45) is 17.3 Å². The van der Waals surface area contributed by atoms with Crippen molar-refractivity contribution in [1.82, 2.24) is 10.6 Å². The van der Waals surface area contributed by atoms with Crippen molar-refractivity contribution in [3.8, 4) is 0 Å². The summed E-state index contributed by atoms with van der Waals surface area (Å²) in [5.74, 6) is 1.11. The molecule has 2 N–H and O–H groups in total. The first-order valence-electron chi connectivity index (χ1n) is 9.66. The maximum absolute atomic E-state index is 14.5. The molecule has 0 aliphatic heterocycles. The van der Waals surface area contributed by atoms with Gasteiger partial charge in [-0.25, -0.2) is 9.18 Å². The monoisotopic (exact) mass is 396 g/mol. The summed E-state index contributed by atoms with van der Waals surface area (Å²) in [6.45, 7) is 10.4. The van der Waals surface area contributed by atoms with Crippen LogP contribution in [0.2, 0.25) is 5.02 Å². The molecule has 0 radical (unpaired) electrons. The van der Waals surface area contributed by atoms with Gasteiger partial charge in [-0.3, -0.25) is 0 Å². The smallest absolute Gasteiger partial charge is 0.408 e. The predicted molar refractivity (Wildman–Crippen MR) is 105 cm³/mol. The van der Waals surface area contributed by atoms with Crippen molar-refractivity contribution in [2.45, 2.75) is 65.1 Å². The lowest BCUT2D eigenvalue weighted by atomic mass is 9.97. The third kappa shape index (κ3) is 4.57. The quantitative estimate of drug-likeness (QED) is 0.730. The summed E-state index contributed by atoms with van der Waals surface area (Å²) in [7, 11) is 0. The molecule has 0 heterocycles.